The molecule has 0 N–H and O–H groups in total. The molecule has 12 rings (SSSR count). The van der Waals surface area contributed by atoms with Crippen LogP contribution in [0.15, 0.2) is 224 Å². The lowest BCUT2D eigenvalue weighted by atomic mass is 10.0. The van der Waals surface area contributed by atoms with E-state index < -0.39 is 0 Å². The van der Waals surface area contributed by atoms with E-state index >= 15 is 0 Å². The van der Waals surface area contributed by atoms with E-state index in [9.17, 15) is 5.26 Å². The summed E-state index contributed by atoms with van der Waals surface area (Å²) in [5.74, 6) is 0. The van der Waals surface area contributed by atoms with Gasteiger partial charge in [-0.05, 0) is 124 Å². The van der Waals surface area contributed by atoms with Crippen molar-refractivity contribution in [3.05, 3.63) is 236 Å². The number of hydrogen-bond acceptors (Lipinski definition) is 2. The van der Waals surface area contributed by atoms with Crippen molar-refractivity contribution in [1.29, 1.82) is 5.26 Å². The van der Waals surface area contributed by atoms with Gasteiger partial charge in [0, 0.05) is 32.8 Å². The zero-order valence-electron chi connectivity index (χ0n) is 35.7. The lowest BCUT2D eigenvalue weighted by molar-refractivity contribution is 1.11. The van der Waals surface area contributed by atoms with Crippen LogP contribution in [0.1, 0.15) is 11.3 Å². The number of nitrogens with zero attached hydrogens (tertiary/aromatic N) is 4. The van der Waals surface area contributed by atoms with Crippen LogP contribution in [0.4, 0.5) is 0 Å². The van der Waals surface area contributed by atoms with Gasteiger partial charge in [-0.2, -0.15) is 5.26 Å². The summed E-state index contributed by atoms with van der Waals surface area (Å²) >= 11 is 0. The Morgan fingerprint density at radius 1 is 0.338 bits per heavy atom. The van der Waals surface area contributed by atoms with E-state index in [1.54, 1.807) is 0 Å². The third-order valence-electron chi connectivity index (χ3n) is 12.8. The first-order valence-corrected chi connectivity index (χ1v) is 22.0. The monoisotopic (exact) mass is 828 g/mol. The molecule has 4 nitrogen and oxygen atoms in total. The van der Waals surface area contributed by atoms with Crippen molar-refractivity contribution >= 4 is 43.6 Å². The average molecular weight is 829 g/mol. The molecule has 12 aromatic rings. The van der Waals surface area contributed by atoms with Crippen molar-refractivity contribution in [2.24, 2.45) is 0 Å². The number of nitriles is 1. The molecule has 0 spiro atoms. The molecule has 0 bridgehead atoms. The van der Waals surface area contributed by atoms with Crippen LogP contribution in [0.3, 0.4) is 0 Å². The van der Waals surface area contributed by atoms with Crippen LogP contribution in [0.5, 0.6) is 0 Å². The highest BCUT2D eigenvalue weighted by atomic mass is 15.0. The second kappa shape index (κ2) is 15.5. The fourth-order valence-electron chi connectivity index (χ4n) is 9.74. The summed E-state index contributed by atoms with van der Waals surface area (Å²) in [6, 6.07) is 82.3. The Bertz CT molecular complexity index is 3400. The highest BCUT2D eigenvalue weighted by Crippen LogP contribution is 2.43. The van der Waals surface area contributed by atoms with E-state index in [0.717, 1.165) is 116 Å². The Morgan fingerprint density at radius 2 is 0.677 bits per heavy atom. The maximum atomic E-state index is 11.7. The summed E-state index contributed by atoms with van der Waals surface area (Å²) in [4.78, 5) is 5.07. The van der Waals surface area contributed by atoms with Crippen LogP contribution in [0.25, 0.3) is 111 Å². The molecule has 4 heteroatoms. The topological polar surface area (TPSA) is 46.5 Å². The molecule has 0 amide bonds. The van der Waals surface area contributed by atoms with Crippen LogP contribution in [-0.4, -0.2) is 14.1 Å². The standard InChI is InChI=1S/C61H40N4/c1-40-15-14-24-55(63-40)49-37-60(64-56-29-25-45(41-16-6-2-7-17-41)33-50(56)51-34-46(26-30-57(51)64)42-18-8-3-9-19-42)54(39-62)61(38-49)65-58-31-27-47(43-20-10-4-11-21-43)35-52(58)53-36-48(28-32-59(53)65)44-22-12-5-13-23-44/h2-38H,1H3. The molecule has 0 saturated carbocycles. The lowest BCUT2D eigenvalue weighted by Crippen LogP contribution is -2.05. The predicted molar refractivity (Wildman–Crippen MR) is 270 cm³/mol. The number of pyridine rings is 1. The Kier molecular flexibility index (Phi) is 9.07. The van der Waals surface area contributed by atoms with Gasteiger partial charge < -0.3 is 9.13 Å². The predicted octanol–water partition coefficient (Wildman–Crippen LogP) is 15.8. The normalized spacial score (nSPS) is 11.4. The first kappa shape index (κ1) is 37.9. The van der Waals surface area contributed by atoms with E-state index in [2.05, 4.69) is 234 Å². The van der Waals surface area contributed by atoms with Gasteiger partial charge in [0.15, 0.2) is 0 Å². The largest absolute Gasteiger partial charge is 0.308 e. The summed E-state index contributed by atoms with van der Waals surface area (Å²) in [5.41, 5.74) is 18.1. The van der Waals surface area contributed by atoms with Crippen LogP contribution in [0.2, 0.25) is 0 Å². The van der Waals surface area contributed by atoms with Crippen LogP contribution >= 0.6 is 0 Å². The fraction of sp³-hybridized carbons (Fsp3) is 0.0164. The van der Waals surface area contributed by atoms with Crippen LogP contribution in [-0.2, 0) is 0 Å². The first-order valence-electron chi connectivity index (χ1n) is 22.0. The van der Waals surface area contributed by atoms with Gasteiger partial charge in [0.1, 0.15) is 11.6 Å². The van der Waals surface area contributed by atoms with E-state index in [0.29, 0.717) is 5.56 Å². The summed E-state index contributed by atoms with van der Waals surface area (Å²) < 4.78 is 4.59. The van der Waals surface area contributed by atoms with E-state index in [-0.39, 0.29) is 0 Å². The number of aromatic nitrogens is 3. The maximum absolute atomic E-state index is 11.7. The molecule has 0 radical (unpaired) electrons. The van der Waals surface area contributed by atoms with Crippen molar-refractivity contribution in [1.82, 2.24) is 14.1 Å². The van der Waals surface area contributed by atoms with Gasteiger partial charge in [-0.15, -0.1) is 0 Å². The molecule has 0 aliphatic rings. The van der Waals surface area contributed by atoms with Gasteiger partial charge in [0.05, 0.1) is 39.1 Å². The minimum Gasteiger partial charge on any atom is -0.308 e. The van der Waals surface area contributed by atoms with Gasteiger partial charge in [0.25, 0.3) is 0 Å². The Labute approximate surface area is 377 Å². The van der Waals surface area contributed by atoms with Crippen molar-refractivity contribution in [3.63, 3.8) is 0 Å². The zero-order chi connectivity index (χ0) is 43.4. The van der Waals surface area contributed by atoms with Crippen LogP contribution < -0.4 is 0 Å². The summed E-state index contributed by atoms with van der Waals surface area (Å²) in [6.07, 6.45) is 0. The number of aryl methyl sites for hydroxylation is 1. The smallest absolute Gasteiger partial charge is 0.104 e. The summed E-state index contributed by atoms with van der Waals surface area (Å²) in [7, 11) is 0. The molecular weight excluding hydrogens is 789 g/mol. The van der Waals surface area contributed by atoms with Crippen molar-refractivity contribution in [2.45, 2.75) is 6.92 Å². The molecule has 0 aliphatic heterocycles. The lowest BCUT2D eigenvalue weighted by Gasteiger charge is -2.18. The van der Waals surface area contributed by atoms with E-state index in [1.165, 1.54) is 0 Å². The average Bonchev–Trinajstić information content (AvgIpc) is 3.88. The molecule has 9 aromatic carbocycles. The molecule has 0 unspecified atom stereocenters. The molecule has 65 heavy (non-hydrogen) atoms. The first-order chi connectivity index (χ1) is 32.1. The second-order valence-electron chi connectivity index (χ2n) is 16.7. The molecule has 0 fully saturated rings. The van der Waals surface area contributed by atoms with Gasteiger partial charge in [-0.1, -0.05) is 152 Å². The van der Waals surface area contributed by atoms with E-state index in [1.807, 2.05) is 13.0 Å². The van der Waals surface area contributed by atoms with E-state index in [4.69, 9.17) is 4.98 Å². The Morgan fingerprint density at radius 3 is 0.985 bits per heavy atom. The van der Waals surface area contributed by atoms with Gasteiger partial charge in [-0.3, -0.25) is 4.98 Å². The molecule has 0 atom stereocenters. The highest BCUT2D eigenvalue weighted by Gasteiger charge is 2.24. The minimum absolute atomic E-state index is 0.567. The molecule has 0 saturated heterocycles. The minimum atomic E-state index is 0.567. The third kappa shape index (κ3) is 6.49. The number of rotatable bonds is 7. The fourth-order valence-corrected chi connectivity index (χ4v) is 9.74. The quantitative estimate of drug-likeness (QED) is 0.161. The summed E-state index contributed by atoms with van der Waals surface area (Å²) in [5, 5.41) is 16.1. The Hall–Kier alpha value is -8.78. The van der Waals surface area contributed by atoms with Gasteiger partial charge in [-0.25, -0.2) is 0 Å². The van der Waals surface area contributed by atoms with Gasteiger partial charge in [0.2, 0.25) is 0 Å². The second-order valence-corrected chi connectivity index (χ2v) is 16.7. The Balaban J connectivity index is 1.18. The van der Waals surface area contributed by atoms with Crippen molar-refractivity contribution < 1.29 is 0 Å². The van der Waals surface area contributed by atoms with Crippen molar-refractivity contribution in [3.8, 4) is 73.2 Å². The SMILES string of the molecule is Cc1cccc(-c2cc(-n3c4ccc(-c5ccccc5)cc4c4cc(-c5ccccc5)ccc43)c(C#N)c(-n3c4ccc(-c5ccccc5)cc4c4cc(-c5ccccc5)ccc43)c2)n1. The number of fused-ring (bicyclic) bond motifs is 6. The molecule has 3 heterocycles. The summed E-state index contributed by atoms with van der Waals surface area (Å²) in [6.45, 7) is 2.03. The maximum Gasteiger partial charge on any atom is 0.104 e. The van der Waals surface area contributed by atoms with Crippen LogP contribution in [0, 0.1) is 18.3 Å². The molecular formula is C61H40N4. The zero-order valence-corrected chi connectivity index (χ0v) is 35.7. The molecule has 3 aromatic heterocycles. The number of benzene rings is 9. The highest BCUT2D eigenvalue weighted by molar-refractivity contribution is 6.14. The number of hydrogen-bond donors (Lipinski definition) is 0. The molecule has 304 valence electrons. The van der Waals surface area contributed by atoms with Crippen molar-refractivity contribution in [2.75, 3.05) is 0 Å². The van der Waals surface area contributed by atoms with Gasteiger partial charge >= 0.3 is 0 Å². The molecule has 0 aliphatic carbocycles. The third-order valence-corrected chi connectivity index (χ3v) is 12.8.